The van der Waals surface area contributed by atoms with Gasteiger partial charge >= 0.3 is 0 Å². The summed E-state index contributed by atoms with van der Waals surface area (Å²) in [5, 5.41) is 8.21. The standard InChI is InChI=1S/C19H18N4O3/c1-23-19(26)15-8-3-2-7-14(15)16(22-23)10-17(24)21-11-12-5-4-6-13(9-12)18(20)25/h2-9H,10-11H2,1H3,(H2,20,25)(H,21,24). The number of carbonyl (C=O) groups is 2. The second kappa shape index (κ2) is 7.18. The lowest BCUT2D eigenvalue weighted by atomic mass is 10.1. The highest BCUT2D eigenvalue weighted by atomic mass is 16.2. The fraction of sp³-hybridized carbons (Fsp3) is 0.158. The van der Waals surface area contributed by atoms with Crippen LogP contribution in [-0.4, -0.2) is 21.6 Å². The highest BCUT2D eigenvalue weighted by molar-refractivity contribution is 5.93. The van der Waals surface area contributed by atoms with Crippen molar-refractivity contribution in [1.82, 2.24) is 15.1 Å². The van der Waals surface area contributed by atoms with Gasteiger partial charge in [0.25, 0.3) is 5.56 Å². The molecule has 132 valence electrons. The maximum atomic E-state index is 12.3. The molecule has 3 aromatic rings. The number of fused-ring (bicyclic) bond motifs is 1. The van der Waals surface area contributed by atoms with Crippen molar-refractivity contribution < 1.29 is 9.59 Å². The fourth-order valence-corrected chi connectivity index (χ4v) is 2.76. The number of nitrogens with one attached hydrogen (secondary N) is 1. The summed E-state index contributed by atoms with van der Waals surface area (Å²) in [6, 6.07) is 13.9. The number of aryl methyl sites for hydroxylation is 1. The number of aromatic nitrogens is 2. The molecule has 0 spiro atoms. The first-order valence-electron chi connectivity index (χ1n) is 8.06. The SMILES string of the molecule is Cn1nc(CC(=O)NCc2cccc(C(N)=O)c2)c2ccccc2c1=O. The summed E-state index contributed by atoms with van der Waals surface area (Å²) >= 11 is 0. The third-order valence-electron chi connectivity index (χ3n) is 4.06. The molecule has 26 heavy (non-hydrogen) atoms. The van der Waals surface area contributed by atoms with E-state index < -0.39 is 5.91 Å². The Hall–Kier alpha value is -3.48. The maximum Gasteiger partial charge on any atom is 0.274 e. The Morgan fingerprint density at radius 2 is 1.85 bits per heavy atom. The van der Waals surface area contributed by atoms with Crippen molar-refractivity contribution in [3.63, 3.8) is 0 Å². The average Bonchev–Trinajstić information content (AvgIpc) is 2.64. The van der Waals surface area contributed by atoms with Gasteiger partial charge in [-0.1, -0.05) is 30.3 Å². The molecule has 0 aliphatic heterocycles. The highest BCUT2D eigenvalue weighted by Gasteiger charge is 2.12. The van der Waals surface area contributed by atoms with Gasteiger partial charge in [0.05, 0.1) is 17.5 Å². The Balaban J connectivity index is 1.76. The fourth-order valence-electron chi connectivity index (χ4n) is 2.76. The third-order valence-corrected chi connectivity index (χ3v) is 4.06. The van der Waals surface area contributed by atoms with Crippen LogP contribution in [0.5, 0.6) is 0 Å². The maximum absolute atomic E-state index is 12.3. The van der Waals surface area contributed by atoms with Crippen LogP contribution in [0.1, 0.15) is 21.6 Å². The summed E-state index contributed by atoms with van der Waals surface area (Å²) in [6.45, 7) is 0.268. The Labute approximate surface area is 149 Å². The second-order valence-corrected chi connectivity index (χ2v) is 5.94. The van der Waals surface area contributed by atoms with Crippen LogP contribution < -0.4 is 16.6 Å². The molecule has 7 heteroatoms. The monoisotopic (exact) mass is 350 g/mol. The number of primary amides is 1. The number of amides is 2. The van der Waals surface area contributed by atoms with Crippen molar-refractivity contribution in [2.75, 3.05) is 0 Å². The first kappa shape index (κ1) is 17.3. The van der Waals surface area contributed by atoms with Gasteiger partial charge in [-0.15, -0.1) is 0 Å². The normalized spacial score (nSPS) is 10.7. The number of nitrogens with two attached hydrogens (primary N) is 1. The molecule has 3 N–H and O–H groups in total. The molecule has 2 aromatic carbocycles. The summed E-state index contributed by atoms with van der Waals surface area (Å²) in [5.41, 5.74) is 6.75. The molecule has 0 saturated heterocycles. The van der Waals surface area contributed by atoms with Crippen LogP contribution >= 0.6 is 0 Å². The minimum absolute atomic E-state index is 0.0458. The molecule has 0 radical (unpaired) electrons. The van der Waals surface area contributed by atoms with E-state index in [-0.39, 0.29) is 24.4 Å². The van der Waals surface area contributed by atoms with E-state index in [0.29, 0.717) is 22.0 Å². The van der Waals surface area contributed by atoms with Gasteiger partial charge in [-0.05, 0) is 23.8 Å². The molecule has 0 aliphatic rings. The summed E-state index contributed by atoms with van der Waals surface area (Å²) in [7, 11) is 1.56. The first-order valence-corrected chi connectivity index (χ1v) is 8.06. The highest BCUT2D eigenvalue weighted by Crippen LogP contribution is 2.13. The van der Waals surface area contributed by atoms with Gasteiger partial charge in [0, 0.05) is 24.5 Å². The van der Waals surface area contributed by atoms with Crippen molar-refractivity contribution in [3.8, 4) is 0 Å². The van der Waals surface area contributed by atoms with E-state index in [0.717, 1.165) is 5.56 Å². The molecular weight excluding hydrogens is 332 g/mol. The Morgan fingerprint density at radius 1 is 1.12 bits per heavy atom. The molecule has 0 unspecified atom stereocenters. The van der Waals surface area contributed by atoms with Gasteiger partial charge in [0.1, 0.15) is 0 Å². The van der Waals surface area contributed by atoms with E-state index in [9.17, 15) is 14.4 Å². The molecule has 0 saturated carbocycles. The van der Waals surface area contributed by atoms with Crippen molar-refractivity contribution >= 4 is 22.6 Å². The molecule has 0 aliphatic carbocycles. The van der Waals surface area contributed by atoms with Crippen LogP contribution in [-0.2, 0) is 24.8 Å². The molecule has 3 rings (SSSR count). The van der Waals surface area contributed by atoms with Gasteiger partial charge < -0.3 is 11.1 Å². The Bertz CT molecular complexity index is 1060. The van der Waals surface area contributed by atoms with E-state index in [4.69, 9.17) is 5.73 Å². The lowest BCUT2D eigenvalue weighted by Gasteiger charge is -2.09. The zero-order chi connectivity index (χ0) is 18.7. The summed E-state index contributed by atoms with van der Waals surface area (Å²) < 4.78 is 1.24. The van der Waals surface area contributed by atoms with Gasteiger partial charge in [0.2, 0.25) is 11.8 Å². The second-order valence-electron chi connectivity index (χ2n) is 5.94. The number of rotatable bonds is 5. The molecule has 0 bridgehead atoms. The summed E-state index contributed by atoms with van der Waals surface area (Å²) in [6.07, 6.45) is 0.0458. The van der Waals surface area contributed by atoms with Crippen LogP contribution in [0, 0.1) is 0 Å². The third kappa shape index (κ3) is 3.61. The van der Waals surface area contributed by atoms with E-state index in [1.807, 2.05) is 0 Å². The van der Waals surface area contributed by atoms with Crippen LogP contribution in [0.25, 0.3) is 10.8 Å². The zero-order valence-electron chi connectivity index (χ0n) is 14.2. The molecule has 0 fully saturated rings. The van der Waals surface area contributed by atoms with E-state index in [1.54, 1.807) is 55.6 Å². The Kier molecular flexibility index (Phi) is 4.79. The number of benzene rings is 2. The number of hydrogen-bond donors (Lipinski definition) is 2. The largest absolute Gasteiger partial charge is 0.366 e. The summed E-state index contributed by atoms with van der Waals surface area (Å²) in [4.78, 5) is 35.7. The van der Waals surface area contributed by atoms with Crippen LogP contribution in [0.2, 0.25) is 0 Å². The van der Waals surface area contributed by atoms with Crippen LogP contribution in [0.15, 0.2) is 53.3 Å². The molecule has 2 amide bonds. The predicted molar refractivity (Wildman–Crippen MR) is 97.5 cm³/mol. The minimum Gasteiger partial charge on any atom is -0.366 e. The lowest BCUT2D eigenvalue weighted by molar-refractivity contribution is -0.120. The average molecular weight is 350 g/mol. The van der Waals surface area contributed by atoms with E-state index in [1.165, 1.54) is 4.68 Å². The quantitative estimate of drug-likeness (QED) is 0.712. The smallest absolute Gasteiger partial charge is 0.274 e. The molecule has 0 atom stereocenters. The topological polar surface area (TPSA) is 107 Å². The molecular formula is C19H18N4O3. The van der Waals surface area contributed by atoms with Gasteiger partial charge in [-0.3, -0.25) is 14.4 Å². The van der Waals surface area contributed by atoms with Gasteiger partial charge in [0.15, 0.2) is 0 Å². The Morgan fingerprint density at radius 3 is 2.58 bits per heavy atom. The minimum atomic E-state index is -0.515. The van der Waals surface area contributed by atoms with E-state index >= 15 is 0 Å². The van der Waals surface area contributed by atoms with Crippen LogP contribution in [0.3, 0.4) is 0 Å². The predicted octanol–water partition coefficient (Wildman–Crippen LogP) is 0.891. The van der Waals surface area contributed by atoms with Crippen molar-refractivity contribution in [1.29, 1.82) is 0 Å². The van der Waals surface area contributed by atoms with Gasteiger partial charge in [-0.2, -0.15) is 5.10 Å². The lowest BCUT2D eigenvalue weighted by Crippen LogP contribution is -2.27. The van der Waals surface area contributed by atoms with Gasteiger partial charge in [-0.25, -0.2) is 4.68 Å². The zero-order valence-corrected chi connectivity index (χ0v) is 14.2. The van der Waals surface area contributed by atoms with E-state index in [2.05, 4.69) is 10.4 Å². The van der Waals surface area contributed by atoms with Crippen molar-refractivity contribution in [2.45, 2.75) is 13.0 Å². The molecule has 7 nitrogen and oxygen atoms in total. The number of hydrogen-bond acceptors (Lipinski definition) is 4. The number of carbonyl (C=O) groups excluding carboxylic acids is 2. The number of nitrogens with zero attached hydrogens (tertiary/aromatic N) is 2. The van der Waals surface area contributed by atoms with Crippen molar-refractivity contribution in [3.05, 3.63) is 75.7 Å². The first-order chi connectivity index (χ1) is 12.5. The molecule has 1 aromatic heterocycles. The van der Waals surface area contributed by atoms with Crippen LogP contribution in [0.4, 0.5) is 0 Å². The van der Waals surface area contributed by atoms with Crippen molar-refractivity contribution in [2.24, 2.45) is 12.8 Å². The molecule has 1 heterocycles. The summed E-state index contributed by atoms with van der Waals surface area (Å²) in [5.74, 6) is -0.746.